The summed E-state index contributed by atoms with van der Waals surface area (Å²) in [5.74, 6) is 0. The molecule has 2 unspecified atom stereocenters. The molecule has 2 saturated heterocycles. The predicted molar refractivity (Wildman–Crippen MR) is 66.7 cm³/mol. The molecule has 0 N–H and O–H groups in total. The third kappa shape index (κ3) is 1.79. The Labute approximate surface area is 101 Å². The summed E-state index contributed by atoms with van der Waals surface area (Å²) in [5, 5.41) is 3.51. The van der Waals surface area contributed by atoms with Gasteiger partial charge in [0.15, 0.2) is 0 Å². The Balaban J connectivity index is 1.64. The van der Waals surface area contributed by atoms with Crippen LogP contribution in [0, 0.1) is 0 Å². The zero-order valence-corrected chi connectivity index (χ0v) is 10.8. The lowest BCUT2D eigenvalue weighted by Crippen LogP contribution is -2.67. The van der Waals surface area contributed by atoms with Crippen LogP contribution >= 0.6 is 11.3 Å². The molecule has 0 aromatic carbocycles. The monoisotopic (exact) mass is 237 g/mol. The van der Waals surface area contributed by atoms with Crippen molar-refractivity contribution in [1.82, 2.24) is 14.8 Å². The first kappa shape index (κ1) is 10.7. The van der Waals surface area contributed by atoms with Gasteiger partial charge in [-0.2, -0.15) is 0 Å². The van der Waals surface area contributed by atoms with Gasteiger partial charge in [-0.25, -0.2) is 4.98 Å². The molecule has 3 nitrogen and oxygen atoms in total. The van der Waals surface area contributed by atoms with E-state index < -0.39 is 0 Å². The highest BCUT2D eigenvalue weighted by molar-refractivity contribution is 7.09. The minimum atomic E-state index is 0.790. The summed E-state index contributed by atoms with van der Waals surface area (Å²) in [4.78, 5) is 9.75. The van der Waals surface area contributed by atoms with Crippen molar-refractivity contribution in [2.75, 3.05) is 20.1 Å². The summed E-state index contributed by atoms with van der Waals surface area (Å²) in [7, 11) is 2.23. The third-order valence-corrected chi connectivity index (χ3v) is 4.69. The van der Waals surface area contributed by atoms with Crippen molar-refractivity contribution < 1.29 is 0 Å². The van der Waals surface area contributed by atoms with Crippen molar-refractivity contribution in [3.8, 4) is 0 Å². The highest BCUT2D eigenvalue weighted by Crippen LogP contribution is 2.33. The molecule has 0 amide bonds. The summed E-state index contributed by atoms with van der Waals surface area (Å²) in [6.07, 6.45) is 2.46. The van der Waals surface area contributed by atoms with Crippen LogP contribution in [0.4, 0.5) is 0 Å². The number of likely N-dealkylation sites (tertiary alicyclic amines) is 2. The van der Waals surface area contributed by atoms with Gasteiger partial charge in [-0.3, -0.25) is 4.90 Å². The van der Waals surface area contributed by atoms with Crippen molar-refractivity contribution in [3.63, 3.8) is 0 Å². The van der Waals surface area contributed by atoms with Gasteiger partial charge in [0, 0.05) is 30.6 Å². The SMILES string of the molecule is CCc1csc(CN2C3CC2CN(C)C3)n1. The van der Waals surface area contributed by atoms with Crippen LogP contribution in [0.5, 0.6) is 0 Å². The molecule has 1 aromatic heterocycles. The summed E-state index contributed by atoms with van der Waals surface area (Å²) >= 11 is 1.82. The van der Waals surface area contributed by atoms with Gasteiger partial charge in [-0.1, -0.05) is 6.92 Å². The van der Waals surface area contributed by atoms with Crippen LogP contribution in [0.2, 0.25) is 0 Å². The maximum atomic E-state index is 4.66. The molecule has 2 aliphatic heterocycles. The van der Waals surface area contributed by atoms with Gasteiger partial charge in [0.05, 0.1) is 12.2 Å². The topological polar surface area (TPSA) is 19.4 Å². The number of thiazole rings is 1. The fraction of sp³-hybridized carbons (Fsp3) is 0.750. The summed E-state index contributed by atoms with van der Waals surface area (Å²) in [6, 6.07) is 1.58. The van der Waals surface area contributed by atoms with Gasteiger partial charge >= 0.3 is 0 Å². The fourth-order valence-electron chi connectivity index (χ4n) is 2.90. The molecule has 16 heavy (non-hydrogen) atoms. The maximum absolute atomic E-state index is 4.66. The molecule has 0 radical (unpaired) electrons. The first-order chi connectivity index (χ1) is 7.76. The average molecular weight is 237 g/mol. The number of piperazine rings is 1. The van der Waals surface area contributed by atoms with E-state index in [0.29, 0.717) is 0 Å². The Morgan fingerprint density at radius 1 is 1.44 bits per heavy atom. The highest BCUT2D eigenvalue weighted by Gasteiger charge is 2.43. The first-order valence-electron chi connectivity index (χ1n) is 6.14. The van der Waals surface area contributed by atoms with E-state index in [0.717, 1.165) is 25.0 Å². The molecule has 0 saturated carbocycles. The first-order valence-corrected chi connectivity index (χ1v) is 7.01. The number of hydrogen-bond donors (Lipinski definition) is 0. The molecular weight excluding hydrogens is 218 g/mol. The van der Waals surface area contributed by atoms with Crippen LogP contribution in [0.1, 0.15) is 24.0 Å². The number of aromatic nitrogens is 1. The standard InChI is InChI=1S/C12H19N3S/c1-3-9-8-16-12(13-9)7-15-10-4-11(15)6-14(2)5-10/h8,10-11H,3-7H2,1-2H3. The molecule has 2 aliphatic rings. The molecule has 4 heteroatoms. The van der Waals surface area contributed by atoms with Gasteiger partial charge < -0.3 is 4.90 Å². The van der Waals surface area contributed by atoms with Crippen molar-refractivity contribution in [1.29, 1.82) is 0 Å². The van der Waals surface area contributed by atoms with E-state index >= 15 is 0 Å². The zero-order valence-electron chi connectivity index (χ0n) is 10.0. The van der Waals surface area contributed by atoms with E-state index in [2.05, 4.69) is 34.1 Å². The van der Waals surface area contributed by atoms with Gasteiger partial charge in [0.25, 0.3) is 0 Å². The van der Waals surface area contributed by atoms with E-state index in [4.69, 9.17) is 0 Å². The molecule has 0 aliphatic carbocycles. The van der Waals surface area contributed by atoms with Crippen LogP contribution in [0.3, 0.4) is 0 Å². The third-order valence-electron chi connectivity index (χ3n) is 3.81. The van der Waals surface area contributed by atoms with Crippen LogP contribution in [0.25, 0.3) is 0 Å². The lowest BCUT2D eigenvalue weighted by Gasteiger charge is -2.55. The van der Waals surface area contributed by atoms with Crippen LogP contribution in [0.15, 0.2) is 5.38 Å². The quantitative estimate of drug-likeness (QED) is 0.796. The van der Waals surface area contributed by atoms with E-state index in [9.17, 15) is 0 Å². The van der Waals surface area contributed by atoms with E-state index in [1.807, 2.05) is 11.3 Å². The van der Waals surface area contributed by atoms with Crippen LogP contribution in [-0.4, -0.2) is 47.0 Å². The Kier molecular flexibility index (Phi) is 2.73. The van der Waals surface area contributed by atoms with E-state index in [1.54, 1.807) is 0 Å². The number of piperidine rings is 1. The number of nitrogens with zero attached hydrogens (tertiary/aromatic N) is 3. The van der Waals surface area contributed by atoms with Gasteiger partial charge in [-0.15, -0.1) is 11.3 Å². The maximum Gasteiger partial charge on any atom is 0.107 e. The number of likely N-dealkylation sites (N-methyl/N-ethyl adjacent to an activating group) is 1. The van der Waals surface area contributed by atoms with Crippen LogP contribution < -0.4 is 0 Å². The Bertz CT molecular complexity index is 364. The normalized spacial score (nSPS) is 30.4. The minimum absolute atomic E-state index is 0.790. The Hall–Kier alpha value is -0.450. The summed E-state index contributed by atoms with van der Waals surface area (Å²) in [5.41, 5.74) is 1.25. The second kappa shape index (κ2) is 4.09. The summed E-state index contributed by atoms with van der Waals surface area (Å²) in [6.45, 7) is 5.73. The molecule has 2 atom stereocenters. The largest absolute Gasteiger partial charge is 0.303 e. The number of rotatable bonds is 3. The second-order valence-electron chi connectivity index (χ2n) is 5.02. The Morgan fingerprint density at radius 3 is 2.81 bits per heavy atom. The Morgan fingerprint density at radius 2 is 2.19 bits per heavy atom. The summed E-state index contributed by atoms with van der Waals surface area (Å²) < 4.78 is 0. The molecule has 2 fully saturated rings. The number of fused-ring (bicyclic) bond motifs is 2. The lowest BCUT2D eigenvalue weighted by molar-refractivity contribution is -0.0668. The van der Waals surface area contributed by atoms with Crippen molar-refractivity contribution in [2.24, 2.45) is 0 Å². The molecule has 2 bridgehead atoms. The molecular formula is C12H19N3S. The second-order valence-corrected chi connectivity index (χ2v) is 5.97. The zero-order chi connectivity index (χ0) is 11.1. The van der Waals surface area contributed by atoms with Crippen molar-refractivity contribution >= 4 is 11.3 Å². The lowest BCUT2D eigenvalue weighted by atomic mass is 9.88. The molecule has 88 valence electrons. The van der Waals surface area contributed by atoms with Gasteiger partial charge in [0.1, 0.15) is 5.01 Å². The van der Waals surface area contributed by atoms with Crippen LogP contribution in [-0.2, 0) is 13.0 Å². The van der Waals surface area contributed by atoms with E-state index in [-0.39, 0.29) is 0 Å². The number of hydrogen-bond acceptors (Lipinski definition) is 4. The van der Waals surface area contributed by atoms with E-state index in [1.165, 1.54) is 30.2 Å². The molecule has 3 heterocycles. The smallest absolute Gasteiger partial charge is 0.107 e. The minimum Gasteiger partial charge on any atom is -0.303 e. The fourth-order valence-corrected chi connectivity index (χ4v) is 3.78. The average Bonchev–Trinajstić information content (AvgIpc) is 2.73. The highest BCUT2D eigenvalue weighted by atomic mass is 32.1. The molecule has 0 spiro atoms. The molecule has 3 rings (SSSR count). The van der Waals surface area contributed by atoms with Gasteiger partial charge in [0.2, 0.25) is 0 Å². The molecule has 1 aromatic rings. The van der Waals surface area contributed by atoms with Crippen molar-refractivity contribution in [3.05, 3.63) is 16.1 Å². The van der Waals surface area contributed by atoms with Crippen molar-refractivity contribution in [2.45, 2.75) is 38.4 Å². The predicted octanol–water partition coefficient (Wildman–Crippen LogP) is 1.59. The van der Waals surface area contributed by atoms with Gasteiger partial charge in [-0.05, 0) is 19.9 Å². The number of aryl methyl sites for hydroxylation is 1.